The Hall–Kier alpha value is -1.26. The molecule has 102 valence electrons. The zero-order valence-electron chi connectivity index (χ0n) is 11.6. The number of hydrogen-bond donors (Lipinski definition) is 2. The Bertz CT molecular complexity index is 619. The van der Waals surface area contributed by atoms with Crippen LogP contribution in [0.3, 0.4) is 0 Å². The van der Waals surface area contributed by atoms with Gasteiger partial charge in [0.05, 0.1) is 0 Å². The molecule has 19 heavy (non-hydrogen) atoms. The van der Waals surface area contributed by atoms with Crippen LogP contribution in [0.4, 0.5) is 0 Å². The number of aromatic nitrogens is 1. The van der Waals surface area contributed by atoms with Crippen molar-refractivity contribution in [2.24, 2.45) is 0 Å². The lowest BCUT2D eigenvalue weighted by Crippen LogP contribution is -2.33. The van der Waals surface area contributed by atoms with Crippen LogP contribution >= 0.6 is 11.8 Å². The fourth-order valence-electron chi connectivity index (χ4n) is 1.89. The average molecular weight is 276 g/mol. The lowest BCUT2D eigenvalue weighted by Gasteiger charge is -2.22. The summed E-state index contributed by atoms with van der Waals surface area (Å²) in [5, 5.41) is 4.43. The van der Waals surface area contributed by atoms with E-state index in [1.165, 1.54) is 0 Å². The molecule has 1 aromatic carbocycles. The van der Waals surface area contributed by atoms with Gasteiger partial charge in [0.2, 0.25) is 0 Å². The van der Waals surface area contributed by atoms with Crippen molar-refractivity contribution in [3.8, 4) is 0 Å². The minimum atomic E-state index is -0.00634. The number of benzene rings is 1. The first-order chi connectivity index (χ1) is 9.02. The number of fused-ring (bicyclic) bond motifs is 1. The van der Waals surface area contributed by atoms with E-state index in [4.69, 9.17) is 0 Å². The van der Waals surface area contributed by atoms with E-state index in [2.05, 4.69) is 30.4 Å². The van der Waals surface area contributed by atoms with Crippen molar-refractivity contribution in [3.05, 3.63) is 46.2 Å². The van der Waals surface area contributed by atoms with E-state index in [9.17, 15) is 4.79 Å². The molecule has 2 rings (SSSR count). The molecule has 0 atom stereocenters. The number of nitrogens with one attached hydrogen (secondary N) is 2. The third-order valence-corrected chi connectivity index (χ3v) is 4.50. The Kier molecular flexibility index (Phi) is 4.32. The second-order valence-electron chi connectivity index (χ2n) is 5.28. The molecule has 0 unspecified atom stereocenters. The van der Waals surface area contributed by atoms with Crippen molar-refractivity contribution in [2.75, 3.05) is 12.8 Å². The molecule has 0 fully saturated rings. The van der Waals surface area contributed by atoms with E-state index < -0.39 is 0 Å². The van der Waals surface area contributed by atoms with E-state index in [1.54, 1.807) is 0 Å². The quantitative estimate of drug-likeness (QED) is 0.882. The smallest absolute Gasteiger partial charge is 0.252 e. The first-order valence-corrected chi connectivity index (χ1v) is 7.61. The van der Waals surface area contributed by atoms with Gasteiger partial charge >= 0.3 is 0 Å². The summed E-state index contributed by atoms with van der Waals surface area (Å²) in [7, 11) is 0. The molecule has 2 N–H and O–H groups in total. The molecule has 0 aliphatic carbocycles. The molecule has 4 heteroatoms. The Morgan fingerprint density at radius 3 is 2.79 bits per heavy atom. The van der Waals surface area contributed by atoms with Crippen molar-refractivity contribution in [1.29, 1.82) is 0 Å². The summed E-state index contributed by atoms with van der Waals surface area (Å²) in [5.74, 6) is 0. The molecule has 0 amide bonds. The van der Waals surface area contributed by atoms with Crippen LogP contribution in [0, 0.1) is 0 Å². The van der Waals surface area contributed by atoms with Gasteiger partial charge in [0.1, 0.15) is 0 Å². The predicted octanol–water partition coefficient (Wildman–Crippen LogP) is 2.76. The van der Waals surface area contributed by atoms with Crippen molar-refractivity contribution in [3.63, 3.8) is 0 Å². The molecule has 0 radical (unpaired) electrons. The van der Waals surface area contributed by atoms with Gasteiger partial charge in [-0.2, -0.15) is 11.8 Å². The van der Waals surface area contributed by atoms with Crippen LogP contribution in [0.1, 0.15) is 19.4 Å². The number of thioether (sulfide) groups is 1. The van der Waals surface area contributed by atoms with Gasteiger partial charge in [0.25, 0.3) is 5.56 Å². The number of para-hydroxylation sites is 1. The van der Waals surface area contributed by atoms with Crippen LogP contribution in [0.15, 0.2) is 35.1 Å². The fraction of sp³-hybridized carbons (Fsp3) is 0.400. The zero-order valence-corrected chi connectivity index (χ0v) is 12.4. The maximum Gasteiger partial charge on any atom is 0.252 e. The van der Waals surface area contributed by atoms with E-state index >= 15 is 0 Å². The molecule has 1 heterocycles. The maximum absolute atomic E-state index is 12.0. The van der Waals surface area contributed by atoms with E-state index in [0.717, 1.165) is 23.0 Å². The van der Waals surface area contributed by atoms with Gasteiger partial charge in [-0.15, -0.1) is 0 Å². The molecule has 0 spiro atoms. The zero-order chi connectivity index (χ0) is 13.9. The lowest BCUT2D eigenvalue weighted by molar-refractivity contribution is 0.589. The molecule has 0 bridgehead atoms. The van der Waals surface area contributed by atoms with Crippen molar-refractivity contribution in [2.45, 2.75) is 25.1 Å². The minimum absolute atomic E-state index is 0.00634. The van der Waals surface area contributed by atoms with Gasteiger partial charge in [-0.05, 0) is 37.6 Å². The number of hydrogen-bond acceptors (Lipinski definition) is 3. The Labute approximate surface area is 117 Å². The van der Waals surface area contributed by atoms with Crippen molar-refractivity contribution >= 4 is 22.7 Å². The maximum atomic E-state index is 12.0. The van der Waals surface area contributed by atoms with Gasteiger partial charge in [0.15, 0.2) is 0 Å². The van der Waals surface area contributed by atoms with Crippen molar-refractivity contribution in [1.82, 2.24) is 10.3 Å². The summed E-state index contributed by atoms with van der Waals surface area (Å²) in [6.07, 6.45) is 2.10. The highest BCUT2D eigenvalue weighted by Gasteiger charge is 2.15. The first-order valence-electron chi connectivity index (χ1n) is 6.39. The largest absolute Gasteiger partial charge is 0.322 e. The van der Waals surface area contributed by atoms with Crippen LogP contribution in [0.25, 0.3) is 10.9 Å². The molecule has 0 saturated carbocycles. The molecule has 3 nitrogen and oxygen atoms in total. The highest BCUT2D eigenvalue weighted by Crippen LogP contribution is 2.19. The molecular formula is C15H20N2OS. The summed E-state index contributed by atoms with van der Waals surface area (Å²) in [4.78, 5) is 14.9. The van der Waals surface area contributed by atoms with Gasteiger partial charge < -0.3 is 10.3 Å². The van der Waals surface area contributed by atoms with Crippen LogP contribution in [0.5, 0.6) is 0 Å². The second kappa shape index (κ2) is 5.80. The molecule has 0 aliphatic rings. The van der Waals surface area contributed by atoms with Gasteiger partial charge in [-0.25, -0.2) is 0 Å². The van der Waals surface area contributed by atoms with Gasteiger partial charge in [0, 0.05) is 28.9 Å². The van der Waals surface area contributed by atoms with Gasteiger partial charge in [-0.1, -0.05) is 18.2 Å². The normalized spacial score (nSPS) is 11.9. The van der Waals surface area contributed by atoms with E-state index in [-0.39, 0.29) is 10.3 Å². The minimum Gasteiger partial charge on any atom is -0.322 e. The number of H-pyrrole nitrogens is 1. The summed E-state index contributed by atoms with van der Waals surface area (Å²) in [6, 6.07) is 9.81. The van der Waals surface area contributed by atoms with Crippen LogP contribution < -0.4 is 10.9 Å². The Morgan fingerprint density at radius 2 is 2.05 bits per heavy atom. The summed E-state index contributed by atoms with van der Waals surface area (Å²) < 4.78 is 0.184. The third kappa shape index (κ3) is 3.61. The Balaban J connectivity index is 2.13. The predicted molar refractivity (Wildman–Crippen MR) is 83.9 cm³/mol. The SMILES string of the molecule is CSC(C)(C)CNCc1cc2ccccc2[nH]c1=O. The summed E-state index contributed by atoms with van der Waals surface area (Å²) in [5.41, 5.74) is 1.67. The standard InChI is InChI=1S/C15H20N2OS/c1-15(2,19-3)10-16-9-12-8-11-6-4-5-7-13(11)17-14(12)18/h4-8,16H,9-10H2,1-3H3,(H,17,18). The van der Waals surface area contributed by atoms with Crippen molar-refractivity contribution < 1.29 is 0 Å². The van der Waals surface area contributed by atoms with E-state index in [1.807, 2.05) is 42.1 Å². The third-order valence-electron chi connectivity index (χ3n) is 3.25. The number of rotatable bonds is 5. The van der Waals surface area contributed by atoms with Crippen LogP contribution in [-0.4, -0.2) is 22.5 Å². The van der Waals surface area contributed by atoms with E-state index in [0.29, 0.717) is 6.54 Å². The molecule has 0 aliphatic heterocycles. The fourth-order valence-corrected chi connectivity index (χ4v) is 2.14. The second-order valence-corrected chi connectivity index (χ2v) is 6.79. The molecule has 0 saturated heterocycles. The highest BCUT2D eigenvalue weighted by atomic mass is 32.2. The molecule has 1 aromatic heterocycles. The van der Waals surface area contributed by atoms with Gasteiger partial charge in [-0.3, -0.25) is 4.79 Å². The topological polar surface area (TPSA) is 44.9 Å². The average Bonchev–Trinajstić information content (AvgIpc) is 2.39. The number of pyridine rings is 1. The first kappa shape index (κ1) is 14.2. The number of aromatic amines is 1. The monoisotopic (exact) mass is 276 g/mol. The summed E-state index contributed by atoms with van der Waals surface area (Å²) >= 11 is 1.82. The van der Waals surface area contributed by atoms with Crippen LogP contribution in [-0.2, 0) is 6.54 Å². The molecular weight excluding hydrogens is 256 g/mol. The lowest BCUT2D eigenvalue weighted by atomic mass is 10.1. The summed E-state index contributed by atoms with van der Waals surface area (Å²) in [6.45, 7) is 5.86. The van der Waals surface area contributed by atoms with Crippen LogP contribution in [0.2, 0.25) is 0 Å². The molecule has 2 aromatic rings. The highest BCUT2D eigenvalue weighted by molar-refractivity contribution is 7.99. The Morgan fingerprint density at radius 1 is 1.32 bits per heavy atom.